The number of hydrazone groups is 1. The average Bonchev–Trinajstić information content (AvgIpc) is 3.14. The summed E-state index contributed by atoms with van der Waals surface area (Å²) in [5.41, 5.74) is 3.91. The van der Waals surface area contributed by atoms with Crippen molar-refractivity contribution < 1.29 is 9.13 Å². The Morgan fingerprint density at radius 1 is 1.04 bits per heavy atom. The first-order valence-electron chi connectivity index (χ1n) is 8.66. The first-order valence-corrected chi connectivity index (χ1v) is 9.04. The van der Waals surface area contributed by atoms with Crippen molar-refractivity contribution in [3.05, 3.63) is 94.8 Å². The fourth-order valence-electron chi connectivity index (χ4n) is 3.27. The summed E-state index contributed by atoms with van der Waals surface area (Å²) < 4.78 is 18.6. The summed E-state index contributed by atoms with van der Waals surface area (Å²) in [5.74, 6) is 0.557. The van der Waals surface area contributed by atoms with Gasteiger partial charge in [0.15, 0.2) is 0 Å². The fourth-order valence-corrected chi connectivity index (χ4v) is 3.45. The minimum atomic E-state index is -0.248. The van der Waals surface area contributed by atoms with Crippen molar-refractivity contribution in [3.8, 4) is 5.75 Å². The molecular weight excluding hydrogens is 363 g/mol. The Bertz CT molecular complexity index is 970. The molecule has 0 aliphatic carbocycles. The van der Waals surface area contributed by atoms with Crippen LogP contribution < -0.4 is 9.75 Å². The Balaban J connectivity index is 1.73. The molecule has 27 heavy (non-hydrogen) atoms. The molecular formula is C22H18ClFN2O. The van der Waals surface area contributed by atoms with Crippen LogP contribution in [0.5, 0.6) is 5.75 Å². The summed E-state index contributed by atoms with van der Waals surface area (Å²) >= 11 is 6.19. The zero-order valence-electron chi connectivity index (χ0n) is 14.8. The lowest BCUT2D eigenvalue weighted by atomic mass is 9.98. The Hall–Kier alpha value is -2.85. The van der Waals surface area contributed by atoms with E-state index in [1.807, 2.05) is 65.7 Å². The number of halogens is 2. The molecule has 0 spiro atoms. The number of rotatable bonds is 4. The first-order chi connectivity index (χ1) is 13.1. The molecule has 0 unspecified atom stereocenters. The molecule has 0 amide bonds. The maximum atomic E-state index is 13.4. The molecule has 1 atom stereocenters. The van der Waals surface area contributed by atoms with Gasteiger partial charge in [-0.2, -0.15) is 5.10 Å². The van der Waals surface area contributed by atoms with E-state index in [4.69, 9.17) is 21.4 Å². The van der Waals surface area contributed by atoms with E-state index in [0.29, 0.717) is 11.4 Å². The zero-order valence-corrected chi connectivity index (χ0v) is 15.5. The molecule has 0 radical (unpaired) electrons. The van der Waals surface area contributed by atoms with Crippen molar-refractivity contribution in [3.63, 3.8) is 0 Å². The van der Waals surface area contributed by atoms with Gasteiger partial charge in [0.1, 0.15) is 11.6 Å². The SMILES string of the molecule is COc1ccc(C2=NN(c3cccc(Cl)c3)[C@H](c3ccc(F)cc3)C2)cc1. The molecule has 4 rings (SSSR count). The summed E-state index contributed by atoms with van der Waals surface area (Å²) in [5, 5.41) is 7.47. The van der Waals surface area contributed by atoms with E-state index in [-0.39, 0.29) is 11.9 Å². The topological polar surface area (TPSA) is 24.8 Å². The van der Waals surface area contributed by atoms with Crippen molar-refractivity contribution in [2.45, 2.75) is 12.5 Å². The molecule has 136 valence electrons. The van der Waals surface area contributed by atoms with Crippen LogP contribution in [0.1, 0.15) is 23.6 Å². The molecule has 3 aromatic rings. The van der Waals surface area contributed by atoms with Gasteiger partial charge in [-0.05, 0) is 65.7 Å². The van der Waals surface area contributed by atoms with Gasteiger partial charge in [0.2, 0.25) is 0 Å². The maximum absolute atomic E-state index is 13.4. The second-order valence-electron chi connectivity index (χ2n) is 6.37. The molecule has 3 nitrogen and oxygen atoms in total. The normalized spacial score (nSPS) is 16.3. The Kier molecular flexibility index (Phi) is 4.82. The minimum absolute atomic E-state index is 0.0267. The highest BCUT2D eigenvalue weighted by Gasteiger charge is 2.30. The Labute approximate surface area is 162 Å². The minimum Gasteiger partial charge on any atom is -0.497 e. The van der Waals surface area contributed by atoms with Crippen LogP contribution in [0.3, 0.4) is 0 Å². The van der Waals surface area contributed by atoms with Crippen LogP contribution in [0.25, 0.3) is 0 Å². The van der Waals surface area contributed by atoms with Gasteiger partial charge in [-0.15, -0.1) is 0 Å². The number of hydrogen-bond acceptors (Lipinski definition) is 3. The largest absolute Gasteiger partial charge is 0.497 e. The van der Waals surface area contributed by atoms with E-state index < -0.39 is 0 Å². The van der Waals surface area contributed by atoms with Crippen LogP contribution in [-0.2, 0) is 0 Å². The highest BCUT2D eigenvalue weighted by Crippen LogP contribution is 2.37. The molecule has 3 aromatic carbocycles. The Morgan fingerprint density at radius 2 is 1.78 bits per heavy atom. The van der Waals surface area contributed by atoms with Crippen LogP contribution >= 0.6 is 11.6 Å². The molecule has 0 N–H and O–H groups in total. The molecule has 0 saturated heterocycles. The predicted octanol–water partition coefficient (Wildman–Crippen LogP) is 5.84. The van der Waals surface area contributed by atoms with E-state index in [9.17, 15) is 4.39 Å². The molecule has 0 aromatic heterocycles. The standard InChI is InChI=1S/C22H18ClFN2O/c1-27-20-11-7-15(8-12-20)21-14-22(16-5-9-18(24)10-6-16)26(25-21)19-4-2-3-17(23)13-19/h2-13,22H,14H2,1H3/t22-/m0/s1. The van der Waals surface area contributed by atoms with Crippen LogP contribution in [0.2, 0.25) is 5.02 Å². The summed E-state index contributed by atoms with van der Waals surface area (Å²) in [6.07, 6.45) is 0.713. The van der Waals surface area contributed by atoms with E-state index in [2.05, 4.69) is 0 Å². The average molecular weight is 381 g/mol. The summed E-state index contributed by atoms with van der Waals surface area (Å²) in [7, 11) is 1.65. The Morgan fingerprint density at radius 3 is 2.44 bits per heavy atom. The van der Waals surface area contributed by atoms with Crippen molar-refractivity contribution in [2.24, 2.45) is 5.10 Å². The number of nitrogens with zero attached hydrogens (tertiary/aromatic N) is 2. The number of anilines is 1. The lowest BCUT2D eigenvalue weighted by molar-refractivity contribution is 0.415. The van der Waals surface area contributed by atoms with Gasteiger partial charge in [-0.3, -0.25) is 5.01 Å². The fraction of sp³-hybridized carbons (Fsp3) is 0.136. The first kappa shape index (κ1) is 17.6. The number of hydrogen-bond donors (Lipinski definition) is 0. The predicted molar refractivity (Wildman–Crippen MR) is 107 cm³/mol. The van der Waals surface area contributed by atoms with E-state index in [0.717, 1.165) is 28.3 Å². The van der Waals surface area contributed by atoms with Gasteiger partial charge in [-0.25, -0.2) is 4.39 Å². The van der Waals surface area contributed by atoms with Gasteiger partial charge < -0.3 is 4.74 Å². The van der Waals surface area contributed by atoms with Crippen LogP contribution in [-0.4, -0.2) is 12.8 Å². The number of benzene rings is 3. The van der Waals surface area contributed by atoms with Gasteiger partial charge in [0.25, 0.3) is 0 Å². The van der Waals surface area contributed by atoms with Crippen molar-refractivity contribution in [2.75, 3.05) is 12.1 Å². The third-order valence-corrected chi connectivity index (χ3v) is 4.90. The van der Waals surface area contributed by atoms with Crippen molar-refractivity contribution in [1.29, 1.82) is 0 Å². The van der Waals surface area contributed by atoms with Gasteiger partial charge in [0.05, 0.1) is 24.6 Å². The highest BCUT2D eigenvalue weighted by molar-refractivity contribution is 6.30. The van der Waals surface area contributed by atoms with Crippen molar-refractivity contribution >= 4 is 23.0 Å². The van der Waals surface area contributed by atoms with Crippen molar-refractivity contribution in [1.82, 2.24) is 0 Å². The van der Waals surface area contributed by atoms with Crippen LogP contribution in [0.15, 0.2) is 77.9 Å². The van der Waals surface area contributed by atoms with Gasteiger partial charge in [0, 0.05) is 11.4 Å². The van der Waals surface area contributed by atoms with Gasteiger partial charge in [-0.1, -0.05) is 29.8 Å². The molecule has 1 aliphatic rings. The third kappa shape index (κ3) is 3.67. The van der Waals surface area contributed by atoms with Crippen LogP contribution in [0.4, 0.5) is 10.1 Å². The molecule has 0 bridgehead atoms. The molecule has 0 fully saturated rings. The third-order valence-electron chi connectivity index (χ3n) is 4.66. The quantitative estimate of drug-likeness (QED) is 0.567. The molecule has 1 aliphatic heterocycles. The van der Waals surface area contributed by atoms with Crippen LogP contribution in [0, 0.1) is 5.82 Å². The van der Waals surface area contributed by atoms with E-state index >= 15 is 0 Å². The maximum Gasteiger partial charge on any atom is 0.123 e. The lowest BCUT2D eigenvalue weighted by Crippen LogP contribution is -2.18. The van der Waals surface area contributed by atoms with Gasteiger partial charge >= 0.3 is 0 Å². The van der Waals surface area contributed by atoms with E-state index in [1.54, 1.807) is 7.11 Å². The summed E-state index contributed by atoms with van der Waals surface area (Å²) in [6.45, 7) is 0. The second kappa shape index (κ2) is 7.41. The van der Waals surface area contributed by atoms with E-state index in [1.165, 1.54) is 12.1 Å². The second-order valence-corrected chi connectivity index (χ2v) is 6.81. The molecule has 1 heterocycles. The summed E-state index contributed by atoms with van der Waals surface area (Å²) in [6, 6.07) is 22.0. The monoisotopic (exact) mass is 380 g/mol. The molecule has 5 heteroatoms. The lowest BCUT2D eigenvalue weighted by Gasteiger charge is -2.24. The smallest absolute Gasteiger partial charge is 0.123 e. The number of methoxy groups -OCH3 is 1. The number of ether oxygens (including phenoxy) is 1. The zero-order chi connectivity index (χ0) is 18.8. The summed E-state index contributed by atoms with van der Waals surface area (Å²) in [4.78, 5) is 0. The molecule has 0 saturated carbocycles. The highest BCUT2D eigenvalue weighted by atomic mass is 35.5.